The van der Waals surface area contributed by atoms with Gasteiger partial charge in [-0.1, -0.05) is 18.2 Å². The largest absolute Gasteiger partial charge is 0.494 e. The van der Waals surface area contributed by atoms with Gasteiger partial charge in [0.2, 0.25) is 5.91 Å². The van der Waals surface area contributed by atoms with Crippen molar-refractivity contribution in [1.82, 2.24) is 19.0 Å². The summed E-state index contributed by atoms with van der Waals surface area (Å²) in [4.78, 5) is 32.9. The number of nitrogens with two attached hydrogens (primary N) is 2. The van der Waals surface area contributed by atoms with E-state index in [1.165, 1.54) is 12.1 Å². The molecule has 3 aromatic carbocycles. The molecule has 8 rings (SSSR count). The zero-order chi connectivity index (χ0) is 31.1. The van der Waals surface area contributed by atoms with Crippen LogP contribution in [0.15, 0.2) is 54.6 Å². The van der Waals surface area contributed by atoms with E-state index in [2.05, 4.69) is 10.6 Å². The van der Waals surface area contributed by atoms with Gasteiger partial charge in [0.1, 0.15) is 17.1 Å². The normalized spacial score (nSPS) is 20.9. The monoisotopic (exact) mass is 606 g/mol. The lowest BCUT2D eigenvalue weighted by Crippen LogP contribution is -2.41. The molecule has 1 aliphatic heterocycles. The van der Waals surface area contributed by atoms with Gasteiger partial charge in [0.15, 0.2) is 5.82 Å². The first-order chi connectivity index (χ1) is 21.7. The summed E-state index contributed by atoms with van der Waals surface area (Å²) in [5.74, 6) is 1.06. The summed E-state index contributed by atoms with van der Waals surface area (Å²) >= 11 is 0. The van der Waals surface area contributed by atoms with Crippen LogP contribution in [0.3, 0.4) is 0 Å². The van der Waals surface area contributed by atoms with Crippen LogP contribution in [0.4, 0.5) is 4.39 Å². The van der Waals surface area contributed by atoms with E-state index in [-0.39, 0.29) is 23.6 Å². The molecule has 3 atom stereocenters. The number of imidazole rings is 1. The number of carbonyl (C=O) groups excluding carboxylic acids is 2. The SMILES string of the molecule is COc1cc(C(=O)N2CC3CCC2C3N)cc2nc(-c3cc4ccc(-c5ccc(F)cc5C(N)=O)cc4n3CC3CC3)n(C)c12. The molecule has 2 amide bonds. The number of rotatable bonds is 7. The van der Waals surface area contributed by atoms with E-state index in [9.17, 15) is 14.0 Å². The van der Waals surface area contributed by atoms with E-state index in [0.717, 1.165) is 65.7 Å². The molecule has 230 valence electrons. The highest BCUT2D eigenvalue weighted by Crippen LogP contribution is 2.41. The zero-order valence-corrected chi connectivity index (χ0v) is 25.3. The minimum Gasteiger partial charge on any atom is -0.494 e. The molecule has 9 nitrogen and oxygen atoms in total. The Bertz CT molecular complexity index is 2040. The number of aromatic nitrogens is 3. The molecule has 5 aromatic rings. The summed E-state index contributed by atoms with van der Waals surface area (Å²) in [7, 11) is 3.58. The number of nitrogens with zero attached hydrogens (tertiary/aromatic N) is 4. The fraction of sp³-hybridized carbons (Fsp3) is 0.343. The second-order valence-corrected chi connectivity index (χ2v) is 12.9. The summed E-state index contributed by atoms with van der Waals surface area (Å²) in [6.07, 6.45) is 4.34. The van der Waals surface area contributed by atoms with E-state index >= 15 is 0 Å². The third kappa shape index (κ3) is 4.41. The summed E-state index contributed by atoms with van der Waals surface area (Å²) < 4.78 is 24.1. The number of amides is 2. The van der Waals surface area contributed by atoms with Crippen molar-refractivity contribution in [2.45, 2.75) is 44.3 Å². The van der Waals surface area contributed by atoms with Gasteiger partial charge in [-0.15, -0.1) is 0 Å². The summed E-state index contributed by atoms with van der Waals surface area (Å²) in [6.45, 7) is 1.51. The lowest BCUT2D eigenvalue weighted by molar-refractivity contribution is 0.0700. The minimum atomic E-state index is -0.676. The van der Waals surface area contributed by atoms with Gasteiger partial charge in [0, 0.05) is 54.3 Å². The highest BCUT2D eigenvalue weighted by atomic mass is 19.1. The summed E-state index contributed by atoms with van der Waals surface area (Å²) in [5, 5.41) is 1.02. The molecule has 2 saturated carbocycles. The van der Waals surface area contributed by atoms with E-state index in [1.54, 1.807) is 13.2 Å². The highest BCUT2D eigenvalue weighted by molar-refractivity contribution is 6.02. The summed E-state index contributed by atoms with van der Waals surface area (Å²) in [6, 6.07) is 16.1. The Labute approximate surface area is 259 Å². The van der Waals surface area contributed by atoms with Crippen molar-refractivity contribution >= 4 is 33.8 Å². The number of ether oxygens (including phenoxy) is 1. The Morgan fingerprint density at radius 2 is 1.87 bits per heavy atom. The fourth-order valence-electron chi connectivity index (χ4n) is 7.60. The molecule has 3 aliphatic rings. The number of hydrogen-bond donors (Lipinski definition) is 2. The number of halogens is 1. The lowest BCUT2D eigenvalue weighted by atomic mass is 9.98. The minimum absolute atomic E-state index is 0.0310. The van der Waals surface area contributed by atoms with Crippen LogP contribution in [0.2, 0.25) is 0 Å². The van der Waals surface area contributed by atoms with Crippen molar-refractivity contribution in [3.05, 3.63) is 71.5 Å². The number of methoxy groups -OCH3 is 1. The van der Waals surface area contributed by atoms with Gasteiger partial charge in [-0.2, -0.15) is 0 Å². The van der Waals surface area contributed by atoms with Crippen molar-refractivity contribution in [1.29, 1.82) is 0 Å². The van der Waals surface area contributed by atoms with E-state index < -0.39 is 11.7 Å². The predicted octanol–water partition coefficient (Wildman–Crippen LogP) is 5.08. The number of fused-ring (bicyclic) bond motifs is 4. The van der Waals surface area contributed by atoms with Crippen LogP contribution in [0.25, 0.3) is 44.6 Å². The highest BCUT2D eigenvalue weighted by Gasteiger charge is 2.47. The summed E-state index contributed by atoms with van der Waals surface area (Å²) in [5.41, 5.74) is 17.5. The Balaban J connectivity index is 1.25. The zero-order valence-electron chi connectivity index (χ0n) is 25.3. The first kappa shape index (κ1) is 27.8. The van der Waals surface area contributed by atoms with Crippen molar-refractivity contribution in [3.8, 4) is 28.4 Å². The molecule has 3 fully saturated rings. The second-order valence-electron chi connectivity index (χ2n) is 12.9. The maximum Gasteiger partial charge on any atom is 0.254 e. The molecule has 45 heavy (non-hydrogen) atoms. The number of aryl methyl sites for hydroxylation is 1. The van der Waals surface area contributed by atoms with E-state index in [4.69, 9.17) is 21.2 Å². The van der Waals surface area contributed by atoms with Crippen molar-refractivity contribution < 1.29 is 18.7 Å². The smallest absolute Gasteiger partial charge is 0.254 e. The number of likely N-dealkylation sites (tertiary alicyclic amines) is 1. The van der Waals surface area contributed by atoms with Crippen LogP contribution in [-0.4, -0.2) is 56.6 Å². The number of benzene rings is 3. The van der Waals surface area contributed by atoms with Gasteiger partial charge in [0.05, 0.1) is 18.3 Å². The molecular weight excluding hydrogens is 571 g/mol. The van der Waals surface area contributed by atoms with Gasteiger partial charge in [-0.05, 0) is 85.0 Å². The quantitative estimate of drug-likeness (QED) is 0.268. The Hall–Kier alpha value is -4.70. The number of hydrogen-bond acceptors (Lipinski definition) is 5. The van der Waals surface area contributed by atoms with Crippen molar-refractivity contribution in [3.63, 3.8) is 0 Å². The number of piperidine rings is 1. The van der Waals surface area contributed by atoms with Gasteiger partial charge in [0.25, 0.3) is 5.91 Å². The van der Waals surface area contributed by atoms with Crippen LogP contribution >= 0.6 is 0 Å². The molecule has 10 heteroatoms. The molecule has 3 unspecified atom stereocenters. The first-order valence-electron chi connectivity index (χ1n) is 15.6. The Morgan fingerprint density at radius 1 is 1.04 bits per heavy atom. The van der Waals surface area contributed by atoms with Gasteiger partial charge in [-0.3, -0.25) is 9.59 Å². The number of carbonyl (C=O) groups is 2. The van der Waals surface area contributed by atoms with E-state index in [0.29, 0.717) is 40.8 Å². The molecule has 3 heterocycles. The fourth-order valence-corrected chi connectivity index (χ4v) is 7.60. The van der Waals surface area contributed by atoms with Crippen LogP contribution < -0.4 is 16.2 Å². The molecule has 1 saturated heterocycles. The number of primary amides is 1. The standard InChI is InChI=1S/C35H35FN6O3/c1-40-32-26(11-22(14-30(32)45-2)35(44)42-17-21-7-10-27(42)31(21)37)39-34(40)29-13-20-6-5-19(12-28(20)41(29)16-18-3-4-18)24-9-8-23(36)15-25(24)33(38)43/h5-6,8-9,11-15,18,21,27,31H,3-4,7,10,16-17,37H2,1-2H3,(H2,38,43). The second kappa shape index (κ2) is 10.2. The average Bonchev–Trinajstić information content (AvgIpc) is 3.44. The average molecular weight is 607 g/mol. The topological polar surface area (TPSA) is 121 Å². The molecule has 2 aliphatic carbocycles. The van der Waals surface area contributed by atoms with Crippen LogP contribution in [0.1, 0.15) is 46.4 Å². The van der Waals surface area contributed by atoms with Crippen LogP contribution in [0, 0.1) is 17.7 Å². The van der Waals surface area contributed by atoms with Crippen LogP contribution in [0.5, 0.6) is 5.75 Å². The molecule has 4 N–H and O–H groups in total. The molecule has 0 spiro atoms. The third-order valence-corrected chi connectivity index (χ3v) is 10.1. The maximum atomic E-state index is 14.0. The van der Waals surface area contributed by atoms with Crippen molar-refractivity contribution in [2.75, 3.05) is 13.7 Å². The molecular formula is C35H35FN6O3. The van der Waals surface area contributed by atoms with Gasteiger partial charge < -0.3 is 30.2 Å². The third-order valence-electron chi connectivity index (χ3n) is 10.1. The Kier molecular flexibility index (Phi) is 6.29. The maximum absolute atomic E-state index is 14.0. The predicted molar refractivity (Wildman–Crippen MR) is 170 cm³/mol. The van der Waals surface area contributed by atoms with Gasteiger partial charge >= 0.3 is 0 Å². The Morgan fingerprint density at radius 3 is 2.56 bits per heavy atom. The molecule has 2 aromatic heterocycles. The van der Waals surface area contributed by atoms with Gasteiger partial charge in [-0.25, -0.2) is 9.37 Å². The molecule has 2 bridgehead atoms. The van der Waals surface area contributed by atoms with E-state index in [1.807, 2.05) is 46.8 Å². The molecule has 0 radical (unpaired) electrons. The van der Waals surface area contributed by atoms with Crippen molar-refractivity contribution in [2.24, 2.45) is 30.4 Å². The van der Waals surface area contributed by atoms with Crippen LogP contribution in [-0.2, 0) is 13.6 Å². The first-order valence-corrected chi connectivity index (χ1v) is 15.6. The lowest BCUT2D eigenvalue weighted by Gasteiger charge is -2.27.